The molecule has 2 atom stereocenters. The van der Waals surface area contributed by atoms with Crippen LogP contribution in [0.5, 0.6) is 0 Å². The highest BCUT2D eigenvalue weighted by molar-refractivity contribution is 5.82. The zero-order valence-electron chi connectivity index (χ0n) is 13.9. The molecule has 1 amide bonds. The summed E-state index contributed by atoms with van der Waals surface area (Å²) in [4.78, 5) is 19.5. The van der Waals surface area contributed by atoms with Gasteiger partial charge in [-0.05, 0) is 38.8 Å². The van der Waals surface area contributed by atoms with Gasteiger partial charge in [0.05, 0.1) is 6.04 Å². The van der Waals surface area contributed by atoms with Crippen molar-refractivity contribution in [3.8, 4) is 0 Å². The van der Waals surface area contributed by atoms with Crippen molar-refractivity contribution in [3.63, 3.8) is 0 Å². The van der Waals surface area contributed by atoms with E-state index in [4.69, 9.17) is 0 Å². The molecule has 2 rings (SSSR count). The first-order valence-electron chi connectivity index (χ1n) is 7.97. The molecule has 0 aromatic rings. The molecule has 0 aromatic heterocycles. The first-order chi connectivity index (χ1) is 9.28. The van der Waals surface area contributed by atoms with Gasteiger partial charge in [0.25, 0.3) is 0 Å². The standard InChI is InChI=1S/C16H31N3O/c1-16(2,3)12-19-9-6-7-14(15(19)20)18-10-8-13(11-18)17(4)5/h13-14H,6-12H2,1-5H3/t13-,14-/m1/s1. The van der Waals surface area contributed by atoms with Gasteiger partial charge in [-0.3, -0.25) is 9.69 Å². The van der Waals surface area contributed by atoms with Crippen LogP contribution in [0.3, 0.4) is 0 Å². The van der Waals surface area contributed by atoms with Crippen molar-refractivity contribution in [3.05, 3.63) is 0 Å². The summed E-state index contributed by atoms with van der Waals surface area (Å²) in [5, 5.41) is 0. The molecule has 2 aliphatic heterocycles. The van der Waals surface area contributed by atoms with Crippen LogP contribution < -0.4 is 0 Å². The molecule has 2 saturated heterocycles. The maximum Gasteiger partial charge on any atom is 0.239 e. The monoisotopic (exact) mass is 281 g/mol. The highest BCUT2D eigenvalue weighted by Crippen LogP contribution is 2.25. The van der Waals surface area contributed by atoms with Gasteiger partial charge in [0.2, 0.25) is 5.91 Å². The molecular formula is C16H31N3O. The highest BCUT2D eigenvalue weighted by Gasteiger charge is 2.38. The van der Waals surface area contributed by atoms with E-state index in [2.05, 4.69) is 49.6 Å². The number of likely N-dealkylation sites (N-methyl/N-ethyl adjacent to an activating group) is 1. The number of likely N-dealkylation sites (tertiary alicyclic amines) is 2. The third-order valence-electron chi connectivity index (χ3n) is 4.53. The van der Waals surface area contributed by atoms with Gasteiger partial charge in [0, 0.05) is 32.2 Å². The lowest BCUT2D eigenvalue weighted by molar-refractivity contribution is -0.141. The lowest BCUT2D eigenvalue weighted by atomic mass is 9.93. The van der Waals surface area contributed by atoms with E-state index in [0.29, 0.717) is 11.9 Å². The zero-order valence-corrected chi connectivity index (χ0v) is 13.9. The summed E-state index contributed by atoms with van der Waals surface area (Å²) in [6, 6.07) is 0.747. The third kappa shape index (κ3) is 3.73. The summed E-state index contributed by atoms with van der Waals surface area (Å²) in [5.41, 5.74) is 0.189. The Kier molecular flexibility index (Phi) is 4.75. The quantitative estimate of drug-likeness (QED) is 0.787. The van der Waals surface area contributed by atoms with Gasteiger partial charge < -0.3 is 9.80 Å². The minimum absolute atomic E-state index is 0.135. The fourth-order valence-electron chi connectivity index (χ4n) is 3.46. The van der Waals surface area contributed by atoms with Gasteiger partial charge in [0.1, 0.15) is 0 Å². The Bertz CT molecular complexity index is 348. The molecule has 2 fully saturated rings. The maximum atomic E-state index is 12.7. The van der Waals surface area contributed by atoms with E-state index in [0.717, 1.165) is 39.0 Å². The number of rotatable bonds is 3. The number of nitrogens with zero attached hydrogens (tertiary/aromatic N) is 3. The Morgan fingerprint density at radius 1 is 1.20 bits per heavy atom. The summed E-state index contributed by atoms with van der Waals surface area (Å²) < 4.78 is 0. The fourth-order valence-corrected chi connectivity index (χ4v) is 3.46. The Hall–Kier alpha value is -0.610. The summed E-state index contributed by atoms with van der Waals surface area (Å²) >= 11 is 0. The number of piperidine rings is 1. The minimum atomic E-state index is 0.135. The molecule has 0 aromatic carbocycles. The van der Waals surface area contributed by atoms with Crippen molar-refractivity contribution in [2.45, 2.75) is 52.1 Å². The molecule has 0 bridgehead atoms. The van der Waals surface area contributed by atoms with Gasteiger partial charge in [-0.1, -0.05) is 20.8 Å². The second-order valence-corrected chi connectivity index (χ2v) is 7.88. The van der Waals surface area contributed by atoms with Crippen LogP contribution in [0.25, 0.3) is 0 Å². The largest absolute Gasteiger partial charge is 0.341 e. The smallest absolute Gasteiger partial charge is 0.239 e. The maximum absolute atomic E-state index is 12.7. The number of amides is 1. The average molecular weight is 281 g/mol. The molecule has 0 spiro atoms. The molecule has 2 heterocycles. The van der Waals surface area contributed by atoms with Crippen LogP contribution in [0.15, 0.2) is 0 Å². The van der Waals surface area contributed by atoms with E-state index >= 15 is 0 Å². The topological polar surface area (TPSA) is 26.8 Å². The molecule has 0 unspecified atom stereocenters. The summed E-state index contributed by atoms with van der Waals surface area (Å²) in [6.45, 7) is 10.6. The van der Waals surface area contributed by atoms with E-state index in [9.17, 15) is 4.79 Å². The molecular weight excluding hydrogens is 250 g/mol. The van der Waals surface area contributed by atoms with Crippen LogP contribution in [0.2, 0.25) is 0 Å². The molecule has 116 valence electrons. The van der Waals surface area contributed by atoms with Crippen molar-refractivity contribution >= 4 is 5.91 Å². The van der Waals surface area contributed by atoms with Crippen LogP contribution >= 0.6 is 0 Å². The Balaban J connectivity index is 1.97. The Morgan fingerprint density at radius 3 is 2.45 bits per heavy atom. The van der Waals surface area contributed by atoms with Crippen molar-refractivity contribution < 1.29 is 4.79 Å². The molecule has 20 heavy (non-hydrogen) atoms. The lowest BCUT2D eigenvalue weighted by Gasteiger charge is -2.39. The van der Waals surface area contributed by atoms with Crippen molar-refractivity contribution in [2.24, 2.45) is 5.41 Å². The lowest BCUT2D eigenvalue weighted by Crippen LogP contribution is -2.53. The van der Waals surface area contributed by atoms with E-state index in [1.54, 1.807) is 0 Å². The summed E-state index contributed by atoms with van der Waals surface area (Å²) in [6.07, 6.45) is 3.38. The zero-order chi connectivity index (χ0) is 14.9. The van der Waals surface area contributed by atoms with Crippen LogP contribution in [-0.4, -0.2) is 73.0 Å². The predicted octanol–water partition coefficient (Wildman–Crippen LogP) is 1.66. The van der Waals surface area contributed by atoms with E-state index < -0.39 is 0 Å². The fraction of sp³-hybridized carbons (Fsp3) is 0.938. The van der Waals surface area contributed by atoms with Crippen LogP contribution in [0, 0.1) is 5.41 Å². The number of carbonyl (C=O) groups is 1. The van der Waals surface area contributed by atoms with Crippen LogP contribution in [-0.2, 0) is 4.79 Å². The molecule has 4 heteroatoms. The molecule has 2 aliphatic rings. The van der Waals surface area contributed by atoms with Gasteiger partial charge in [-0.25, -0.2) is 0 Å². The first-order valence-corrected chi connectivity index (χ1v) is 7.97. The van der Waals surface area contributed by atoms with Crippen LogP contribution in [0.4, 0.5) is 0 Å². The van der Waals surface area contributed by atoms with E-state index in [-0.39, 0.29) is 11.5 Å². The minimum Gasteiger partial charge on any atom is -0.341 e. The van der Waals surface area contributed by atoms with Crippen LogP contribution in [0.1, 0.15) is 40.0 Å². The molecule has 0 radical (unpaired) electrons. The van der Waals surface area contributed by atoms with E-state index in [1.165, 1.54) is 6.42 Å². The number of hydrogen-bond acceptors (Lipinski definition) is 3. The normalized spacial score (nSPS) is 29.5. The molecule has 0 N–H and O–H groups in total. The molecule has 0 aliphatic carbocycles. The number of carbonyl (C=O) groups excluding carboxylic acids is 1. The summed E-state index contributed by atoms with van der Waals surface area (Å²) in [5.74, 6) is 0.366. The third-order valence-corrected chi connectivity index (χ3v) is 4.53. The average Bonchev–Trinajstić information content (AvgIpc) is 2.79. The van der Waals surface area contributed by atoms with Gasteiger partial charge in [0.15, 0.2) is 0 Å². The molecule has 4 nitrogen and oxygen atoms in total. The van der Waals surface area contributed by atoms with Gasteiger partial charge in [-0.15, -0.1) is 0 Å². The second kappa shape index (κ2) is 6.02. The van der Waals surface area contributed by atoms with E-state index in [1.807, 2.05) is 0 Å². The highest BCUT2D eigenvalue weighted by atomic mass is 16.2. The first kappa shape index (κ1) is 15.8. The Morgan fingerprint density at radius 2 is 1.90 bits per heavy atom. The predicted molar refractivity (Wildman–Crippen MR) is 82.7 cm³/mol. The van der Waals surface area contributed by atoms with Gasteiger partial charge in [-0.2, -0.15) is 0 Å². The molecule has 0 saturated carbocycles. The Labute approximate surface area is 124 Å². The number of hydrogen-bond donors (Lipinski definition) is 0. The van der Waals surface area contributed by atoms with Crippen molar-refractivity contribution in [1.29, 1.82) is 0 Å². The van der Waals surface area contributed by atoms with Crippen molar-refractivity contribution in [1.82, 2.24) is 14.7 Å². The SMILES string of the molecule is CN(C)[C@@H]1CCN([C@@H]2CCCN(CC(C)(C)C)C2=O)C1. The second-order valence-electron chi connectivity index (χ2n) is 7.88. The summed E-state index contributed by atoms with van der Waals surface area (Å²) in [7, 11) is 4.28. The van der Waals surface area contributed by atoms with Gasteiger partial charge >= 0.3 is 0 Å². The van der Waals surface area contributed by atoms with Crippen molar-refractivity contribution in [2.75, 3.05) is 40.3 Å².